The van der Waals surface area contributed by atoms with Crippen molar-refractivity contribution in [2.75, 3.05) is 26.1 Å². The summed E-state index contributed by atoms with van der Waals surface area (Å²) in [6.07, 6.45) is 2.33. The molecule has 1 aliphatic rings. The quantitative estimate of drug-likeness (QED) is 0.689. The molecule has 0 aliphatic carbocycles. The van der Waals surface area contributed by atoms with Gasteiger partial charge in [-0.3, -0.25) is 15.0 Å². The van der Waals surface area contributed by atoms with E-state index in [1.807, 2.05) is 0 Å². The number of carbonyl (C=O) groups is 2. The summed E-state index contributed by atoms with van der Waals surface area (Å²) < 4.78 is 10.5. The van der Waals surface area contributed by atoms with E-state index in [0.717, 1.165) is 12.8 Å². The van der Waals surface area contributed by atoms with Gasteiger partial charge in [-0.25, -0.2) is 5.01 Å². The number of hydrogen-bond donors (Lipinski definition) is 2. The minimum atomic E-state index is -0.546. The monoisotopic (exact) mass is 451 g/mol. The normalized spacial score (nSPS) is 16.6. The van der Waals surface area contributed by atoms with E-state index in [-0.39, 0.29) is 11.8 Å². The largest absolute Gasteiger partial charge is 0.493 e. The van der Waals surface area contributed by atoms with E-state index in [4.69, 9.17) is 32.7 Å². The first-order valence-electron chi connectivity index (χ1n) is 9.49. The van der Waals surface area contributed by atoms with Crippen molar-refractivity contribution in [3.63, 3.8) is 0 Å². The molecule has 9 heteroatoms. The average Bonchev–Trinajstić information content (AvgIpc) is 2.76. The molecule has 2 amide bonds. The van der Waals surface area contributed by atoms with Crippen molar-refractivity contribution in [3.8, 4) is 11.5 Å². The van der Waals surface area contributed by atoms with Crippen molar-refractivity contribution >= 4 is 40.7 Å². The number of hydrogen-bond acceptors (Lipinski definition) is 5. The van der Waals surface area contributed by atoms with Crippen LogP contribution in [0.25, 0.3) is 0 Å². The van der Waals surface area contributed by atoms with Crippen LogP contribution in [0.5, 0.6) is 11.5 Å². The number of rotatable bonds is 6. The molecule has 0 aromatic heterocycles. The summed E-state index contributed by atoms with van der Waals surface area (Å²) in [4.78, 5) is 25.7. The molecule has 1 fully saturated rings. The van der Waals surface area contributed by atoms with E-state index >= 15 is 0 Å². The molecule has 0 spiro atoms. The Balaban J connectivity index is 1.74. The second-order valence-electron chi connectivity index (χ2n) is 6.80. The summed E-state index contributed by atoms with van der Waals surface area (Å²) in [6, 6.07) is 9.36. The summed E-state index contributed by atoms with van der Waals surface area (Å²) in [6.45, 7) is 0.549. The highest BCUT2D eigenvalue weighted by Crippen LogP contribution is 2.31. The summed E-state index contributed by atoms with van der Waals surface area (Å²) in [5, 5.41) is 5.16. The van der Waals surface area contributed by atoms with E-state index in [1.165, 1.54) is 14.2 Å². The van der Waals surface area contributed by atoms with Crippen LogP contribution in [0.2, 0.25) is 10.0 Å². The number of piperidine rings is 1. The molecule has 0 radical (unpaired) electrons. The van der Waals surface area contributed by atoms with Gasteiger partial charge in [0.25, 0.3) is 5.91 Å². The van der Waals surface area contributed by atoms with E-state index in [9.17, 15) is 9.59 Å². The third-order valence-electron chi connectivity index (χ3n) is 4.91. The van der Waals surface area contributed by atoms with Gasteiger partial charge in [0.05, 0.1) is 30.0 Å². The van der Waals surface area contributed by atoms with E-state index in [1.54, 1.807) is 41.4 Å². The van der Waals surface area contributed by atoms with E-state index < -0.39 is 6.04 Å². The zero-order valence-corrected chi connectivity index (χ0v) is 18.2. The highest BCUT2D eigenvalue weighted by molar-refractivity contribution is 6.39. The van der Waals surface area contributed by atoms with Crippen molar-refractivity contribution in [3.05, 3.63) is 52.0 Å². The number of methoxy groups -OCH3 is 2. The molecule has 2 aromatic carbocycles. The van der Waals surface area contributed by atoms with Crippen LogP contribution in [-0.4, -0.2) is 43.6 Å². The van der Waals surface area contributed by atoms with Gasteiger partial charge in [-0.1, -0.05) is 29.3 Å². The summed E-state index contributed by atoms with van der Waals surface area (Å²) >= 11 is 12.3. The van der Waals surface area contributed by atoms with Crippen molar-refractivity contribution in [1.82, 2.24) is 10.4 Å². The Morgan fingerprint density at radius 3 is 2.40 bits per heavy atom. The van der Waals surface area contributed by atoms with Gasteiger partial charge in [-0.15, -0.1) is 0 Å². The molecule has 30 heavy (non-hydrogen) atoms. The summed E-state index contributed by atoms with van der Waals surface area (Å²) in [5.74, 6) is 0.357. The predicted octanol–water partition coefficient (Wildman–Crippen LogP) is 4.15. The number of amides is 2. The van der Waals surface area contributed by atoms with Crippen LogP contribution in [0.4, 0.5) is 5.69 Å². The number of ether oxygens (including phenoxy) is 2. The molecule has 1 heterocycles. The Morgan fingerprint density at radius 1 is 1.03 bits per heavy atom. The Morgan fingerprint density at radius 2 is 1.73 bits per heavy atom. The molecule has 2 N–H and O–H groups in total. The molecule has 0 saturated carbocycles. The number of anilines is 1. The lowest BCUT2D eigenvalue weighted by Crippen LogP contribution is -2.55. The molecule has 7 nitrogen and oxygen atoms in total. The molecule has 1 aliphatic heterocycles. The van der Waals surface area contributed by atoms with Gasteiger partial charge >= 0.3 is 0 Å². The fourth-order valence-electron chi connectivity index (χ4n) is 3.33. The van der Waals surface area contributed by atoms with Crippen LogP contribution in [0.3, 0.4) is 0 Å². The van der Waals surface area contributed by atoms with Gasteiger partial charge in [-0.05, 0) is 49.6 Å². The predicted molar refractivity (Wildman–Crippen MR) is 116 cm³/mol. The fraction of sp³-hybridized carbons (Fsp3) is 0.333. The number of nitrogens with zero attached hydrogens (tertiary/aromatic N) is 1. The van der Waals surface area contributed by atoms with E-state index in [0.29, 0.717) is 45.8 Å². The smallest absolute Gasteiger partial charge is 0.265 e. The lowest BCUT2D eigenvalue weighted by atomic mass is 10.0. The molecular weight excluding hydrogens is 429 g/mol. The summed E-state index contributed by atoms with van der Waals surface area (Å²) in [7, 11) is 3.03. The topological polar surface area (TPSA) is 79.9 Å². The Bertz CT molecular complexity index is 918. The van der Waals surface area contributed by atoms with Gasteiger partial charge in [0.2, 0.25) is 5.91 Å². The van der Waals surface area contributed by atoms with Crippen molar-refractivity contribution in [2.24, 2.45) is 0 Å². The Labute approximate surface area is 185 Å². The number of benzene rings is 2. The zero-order valence-electron chi connectivity index (χ0n) is 16.7. The van der Waals surface area contributed by atoms with Gasteiger partial charge in [-0.2, -0.15) is 0 Å². The highest BCUT2D eigenvalue weighted by atomic mass is 35.5. The van der Waals surface area contributed by atoms with Crippen LogP contribution < -0.4 is 20.2 Å². The van der Waals surface area contributed by atoms with Gasteiger partial charge in [0.15, 0.2) is 11.5 Å². The van der Waals surface area contributed by atoms with Crippen LogP contribution in [0.15, 0.2) is 36.4 Å². The van der Waals surface area contributed by atoms with Crippen LogP contribution in [0.1, 0.15) is 29.6 Å². The molecule has 3 rings (SSSR count). The fourth-order valence-corrected chi connectivity index (χ4v) is 3.83. The third kappa shape index (κ3) is 4.98. The second kappa shape index (κ2) is 10.0. The number of hydrazine groups is 1. The summed E-state index contributed by atoms with van der Waals surface area (Å²) in [5.41, 5.74) is 3.60. The SMILES string of the molecule is COc1ccc(C(=O)NN2CCCCC2C(=O)Nc2c(Cl)cccc2Cl)cc1OC. The molecule has 1 saturated heterocycles. The Kier molecular flexibility index (Phi) is 7.42. The molecular formula is C21H23Cl2N3O4. The van der Waals surface area contributed by atoms with Crippen molar-refractivity contribution in [2.45, 2.75) is 25.3 Å². The third-order valence-corrected chi connectivity index (χ3v) is 5.54. The maximum Gasteiger partial charge on any atom is 0.265 e. The first kappa shape index (κ1) is 22.2. The lowest BCUT2D eigenvalue weighted by Gasteiger charge is -2.34. The van der Waals surface area contributed by atoms with Crippen molar-refractivity contribution in [1.29, 1.82) is 0 Å². The molecule has 0 bridgehead atoms. The van der Waals surface area contributed by atoms with Crippen LogP contribution in [0, 0.1) is 0 Å². The number of para-hydroxylation sites is 1. The van der Waals surface area contributed by atoms with Crippen molar-refractivity contribution < 1.29 is 19.1 Å². The standard InChI is InChI=1S/C21H23Cl2N3O4/c1-29-17-10-9-13(12-18(17)30-2)20(27)25-26-11-4-3-8-16(26)21(28)24-19-14(22)6-5-7-15(19)23/h5-7,9-10,12,16H,3-4,8,11H2,1-2H3,(H,24,28)(H,25,27). The number of nitrogens with one attached hydrogen (secondary N) is 2. The first-order chi connectivity index (χ1) is 14.4. The van der Waals surface area contributed by atoms with Gasteiger partial charge in [0.1, 0.15) is 6.04 Å². The maximum atomic E-state index is 12.9. The molecule has 160 valence electrons. The Hall–Kier alpha value is -2.48. The van der Waals surface area contributed by atoms with Gasteiger partial charge in [0, 0.05) is 12.1 Å². The minimum Gasteiger partial charge on any atom is -0.493 e. The van der Waals surface area contributed by atoms with Crippen LogP contribution >= 0.6 is 23.2 Å². The first-order valence-corrected chi connectivity index (χ1v) is 10.2. The molecule has 1 atom stereocenters. The van der Waals surface area contributed by atoms with E-state index in [2.05, 4.69) is 10.7 Å². The highest BCUT2D eigenvalue weighted by Gasteiger charge is 2.31. The van der Waals surface area contributed by atoms with Gasteiger partial charge < -0.3 is 14.8 Å². The molecule has 2 aromatic rings. The molecule has 1 unspecified atom stereocenters. The minimum absolute atomic E-state index is 0.280. The number of halogens is 2. The second-order valence-corrected chi connectivity index (χ2v) is 7.62. The van der Waals surface area contributed by atoms with Crippen LogP contribution in [-0.2, 0) is 4.79 Å². The maximum absolute atomic E-state index is 12.9. The lowest BCUT2D eigenvalue weighted by molar-refractivity contribution is -0.123. The average molecular weight is 452 g/mol. The zero-order chi connectivity index (χ0) is 21.7. The number of carbonyl (C=O) groups excluding carboxylic acids is 2.